The maximum absolute atomic E-state index is 12.0. The van der Waals surface area contributed by atoms with Crippen LogP contribution >= 0.6 is 23.1 Å². The molecular weight excluding hydrogens is 304 g/mol. The summed E-state index contributed by atoms with van der Waals surface area (Å²) in [5.41, 5.74) is 0.994. The molecule has 6 heteroatoms. The Labute approximate surface area is 133 Å². The van der Waals surface area contributed by atoms with Crippen LogP contribution in [0.3, 0.4) is 0 Å². The van der Waals surface area contributed by atoms with E-state index >= 15 is 0 Å². The summed E-state index contributed by atoms with van der Waals surface area (Å²) in [7, 11) is 0. The van der Waals surface area contributed by atoms with Crippen LogP contribution in [0.4, 0.5) is 0 Å². The molecule has 2 rings (SSSR count). The van der Waals surface area contributed by atoms with E-state index in [2.05, 4.69) is 10.3 Å². The van der Waals surface area contributed by atoms with Gasteiger partial charge in [-0.3, -0.25) is 4.79 Å². The summed E-state index contributed by atoms with van der Waals surface area (Å²) in [5, 5.41) is 13.2. The molecule has 0 aliphatic heterocycles. The summed E-state index contributed by atoms with van der Waals surface area (Å²) in [4.78, 5) is 16.5. The van der Waals surface area contributed by atoms with Gasteiger partial charge in [0, 0.05) is 24.1 Å². The normalized spacial score (nSPS) is 14.0. The van der Waals surface area contributed by atoms with Crippen LogP contribution in [0.5, 0.6) is 0 Å². The summed E-state index contributed by atoms with van der Waals surface area (Å²) in [6.45, 7) is 1.99. The number of aliphatic hydroxyl groups excluding tert-OH is 1. The van der Waals surface area contributed by atoms with Gasteiger partial charge < -0.3 is 10.4 Å². The lowest BCUT2D eigenvalue weighted by Crippen LogP contribution is -2.41. The third kappa shape index (κ3) is 4.43. The molecule has 2 aromatic rings. The van der Waals surface area contributed by atoms with Crippen molar-refractivity contribution in [2.45, 2.75) is 31.1 Å². The van der Waals surface area contributed by atoms with Crippen LogP contribution in [0.1, 0.15) is 18.4 Å². The molecule has 4 nitrogen and oxygen atoms in total. The van der Waals surface area contributed by atoms with Gasteiger partial charge in [-0.05, 0) is 25.3 Å². The molecule has 21 heavy (non-hydrogen) atoms. The second kappa shape index (κ2) is 7.77. The first-order valence-corrected chi connectivity index (χ1v) is 9.02. The molecular formula is C15H20N2O2S2. The molecule has 0 spiro atoms. The third-order valence-electron chi connectivity index (χ3n) is 3.33. The van der Waals surface area contributed by atoms with Crippen LogP contribution in [0.15, 0.2) is 24.3 Å². The number of aromatic nitrogens is 1. The Hall–Kier alpha value is -1.11. The zero-order valence-electron chi connectivity index (χ0n) is 12.2. The van der Waals surface area contributed by atoms with Gasteiger partial charge in [-0.25, -0.2) is 4.98 Å². The Kier molecular flexibility index (Phi) is 6.02. The van der Waals surface area contributed by atoms with Gasteiger partial charge in [0.1, 0.15) is 0 Å². The van der Waals surface area contributed by atoms with Crippen LogP contribution in [0.25, 0.3) is 10.2 Å². The van der Waals surface area contributed by atoms with Crippen molar-refractivity contribution in [3.63, 3.8) is 0 Å². The first kappa shape index (κ1) is 16.3. The number of carbonyl (C=O) groups is 1. The van der Waals surface area contributed by atoms with Crippen molar-refractivity contribution in [2.24, 2.45) is 0 Å². The predicted molar refractivity (Wildman–Crippen MR) is 89.9 cm³/mol. The number of fused-ring (bicyclic) bond motifs is 1. The SMILES string of the molecule is CSC(CO)C(C)NC(=O)CCc1nc2ccccc2s1. The number of carbonyl (C=O) groups excluding carboxylic acids is 1. The number of thioether (sulfide) groups is 1. The number of aryl methyl sites for hydroxylation is 1. The second-order valence-electron chi connectivity index (χ2n) is 4.89. The topological polar surface area (TPSA) is 62.2 Å². The number of aliphatic hydroxyl groups is 1. The number of hydrogen-bond donors (Lipinski definition) is 2. The van der Waals surface area contributed by atoms with Crippen molar-refractivity contribution in [1.29, 1.82) is 0 Å². The Bertz CT molecular complexity index is 563. The smallest absolute Gasteiger partial charge is 0.220 e. The van der Waals surface area contributed by atoms with Crippen molar-refractivity contribution < 1.29 is 9.90 Å². The molecule has 0 aliphatic rings. The van der Waals surface area contributed by atoms with E-state index in [4.69, 9.17) is 0 Å². The lowest BCUT2D eigenvalue weighted by Gasteiger charge is -2.21. The van der Waals surface area contributed by atoms with E-state index in [0.29, 0.717) is 12.8 Å². The van der Waals surface area contributed by atoms with Crippen LogP contribution in [0, 0.1) is 0 Å². The summed E-state index contributed by atoms with van der Waals surface area (Å²) >= 11 is 3.20. The van der Waals surface area contributed by atoms with E-state index in [1.54, 1.807) is 23.1 Å². The number of rotatable bonds is 7. The number of thiazole rings is 1. The summed E-state index contributed by atoms with van der Waals surface area (Å²) in [5.74, 6) is 0.00857. The number of hydrogen-bond acceptors (Lipinski definition) is 5. The molecule has 0 radical (unpaired) electrons. The second-order valence-corrected chi connectivity index (χ2v) is 7.08. The first-order chi connectivity index (χ1) is 10.1. The number of amides is 1. The highest BCUT2D eigenvalue weighted by atomic mass is 32.2. The lowest BCUT2D eigenvalue weighted by molar-refractivity contribution is -0.121. The molecule has 1 aromatic heterocycles. The molecule has 2 N–H and O–H groups in total. The lowest BCUT2D eigenvalue weighted by atomic mass is 10.2. The van der Waals surface area contributed by atoms with Gasteiger partial charge in [0.2, 0.25) is 5.91 Å². The fraction of sp³-hybridized carbons (Fsp3) is 0.467. The van der Waals surface area contributed by atoms with Crippen LogP contribution in [0.2, 0.25) is 0 Å². The Morgan fingerprint density at radius 2 is 2.24 bits per heavy atom. The molecule has 1 aromatic carbocycles. The first-order valence-electron chi connectivity index (χ1n) is 6.91. The standard InChI is InChI=1S/C15H20N2O2S2/c1-10(13(9-18)20-2)16-14(19)7-8-15-17-11-5-3-4-6-12(11)21-15/h3-6,10,13,18H,7-9H2,1-2H3,(H,16,19). The quantitative estimate of drug-likeness (QED) is 0.821. The summed E-state index contributed by atoms with van der Waals surface area (Å²) in [6, 6.07) is 7.96. The number of nitrogens with one attached hydrogen (secondary N) is 1. The third-order valence-corrected chi connectivity index (χ3v) is 5.59. The average Bonchev–Trinajstić information content (AvgIpc) is 2.89. The van der Waals surface area contributed by atoms with Crippen molar-refractivity contribution >= 4 is 39.2 Å². The van der Waals surface area contributed by atoms with Crippen molar-refractivity contribution in [3.8, 4) is 0 Å². The number of benzene rings is 1. The van der Waals surface area contributed by atoms with E-state index in [0.717, 1.165) is 15.2 Å². The van der Waals surface area contributed by atoms with Gasteiger partial charge in [0.25, 0.3) is 0 Å². The van der Waals surface area contributed by atoms with Crippen molar-refractivity contribution in [3.05, 3.63) is 29.3 Å². The maximum atomic E-state index is 12.0. The van der Waals surface area contributed by atoms with Crippen molar-refractivity contribution in [2.75, 3.05) is 12.9 Å². The minimum absolute atomic E-state index is 0.00857. The average molecular weight is 324 g/mol. The minimum atomic E-state index is -0.0344. The van der Waals surface area contributed by atoms with E-state index in [1.165, 1.54) is 0 Å². The fourth-order valence-electron chi connectivity index (χ4n) is 2.10. The number of para-hydroxylation sites is 1. The molecule has 2 unspecified atom stereocenters. The monoisotopic (exact) mass is 324 g/mol. The highest BCUT2D eigenvalue weighted by Gasteiger charge is 2.17. The predicted octanol–water partition coefficient (Wildman–Crippen LogP) is 2.46. The summed E-state index contributed by atoms with van der Waals surface area (Å²) < 4.78 is 1.16. The largest absolute Gasteiger partial charge is 0.395 e. The molecule has 2 atom stereocenters. The van der Waals surface area contributed by atoms with Crippen molar-refractivity contribution in [1.82, 2.24) is 10.3 Å². The Balaban J connectivity index is 1.86. The van der Waals surface area contributed by atoms with E-state index in [9.17, 15) is 9.90 Å². The summed E-state index contributed by atoms with van der Waals surface area (Å²) in [6.07, 6.45) is 3.02. The molecule has 1 amide bonds. The minimum Gasteiger partial charge on any atom is -0.395 e. The molecule has 1 heterocycles. The van der Waals surface area contributed by atoms with E-state index in [1.807, 2.05) is 37.4 Å². The Morgan fingerprint density at radius 1 is 1.48 bits per heavy atom. The highest BCUT2D eigenvalue weighted by molar-refractivity contribution is 7.99. The van der Waals surface area contributed by atoms with Gasteiger partial charge in [-0.15, -0.1) is 11.3 Å². The molecule has 0 bridgehead atoms. The fourth-order valence-corrected chi connectivity index (χ4v) is 3.70. The zero-order chi connectivity index (χ0) is 15.2. The molecule has 0 saturated carbocycles. The molecule has 114 valence electrons. The van der Waals surface area contributed by atoms with Crippen LogP contribution < -0.4 is 5.32 Å². The number of nitrogens with zero attached hydrogens (tertiary/aromatic N) is 1. The van der Waals surface area contributed by atoms with Crippen LogP contribution in [-0.4, -0.2) is 40.2 Å². The van der Waals surface area contributed by atoms with E-state index in [-0.39, 0.29) is 23.8 Å². The van der Waals surface area contributed by atoms with E-state index < -0.39 is 0 Å². The molecule has 0 fully saturated rings. The Morgan fingerprint density at radius 3 is 2.90 bits per heavy atom. The molecule has 0 aliphatic carbocycles. The van der Waals surface area contributed by atoms with Gasteiger partial charge in [-0.2, -0.15) is 11.8 Å². The van der Waals surface area contributed by atoms with Gasteiger partial charge in [0.05, 0.1) is 21.8 Å². The molecule has 0 saturated heterocycles. The van der Waals surface area contributed by atoms with Gasteiger partial charge in [0.15, 0.2) is 0 Å². The van der Waals surface area contributed by atoms with Gasteiger partial charge in [-0.1, -0.05) is 12.1 Å². The highest BCUT2D eigenvalue weighted by Crippen LogP contribution is 2.22. The van der Waals surface area contributed by atoms with Crippen LogP contribution in [-0.2, 0) is 11.2 Å². The maximum Gasteiger partial charge on any atom is 0.220 e. The zero-order valence-corrected chi connectivity index (χ0v) is 13.8. The van der Waals surface area contributed by atoms with Gasteiger partial charge >= 0.3 is 0 Å².